The summed E-state index contributed by atoms with van der Waals surface area (Å²) >= 11 is 0. The predicted octanol–water partition coefficient (Wildman–Crippen LogP) is 2.17. The van der Waals surface area contributed by atoms with E-state index in [-0.39, 0.29) is 12.5 Å². The van der Waals surface area contributed by atoms with Crippen molar-refractivity contribution in [1.82, 2.24) is 5.32 Å². The first kappa shape index (κ1) is 14.1. The molecule has 0 radical (unpaired) electrons. The molecular weight excluding hydrogens is 238 g/mol. The number of hydrogen-bond donors (Lipinski definition) is 1. The van der Waals surface area contributed by atoms with Crippen molar-refractivity contribution in [2.24, 2.45) is 5.41 Å². The summed E-state index contributed by atoms with van der Waals surface area (Å²) in [5.41, 5.74) is -0.502. The van der Waals surface area contributed by atoms with Crippen LogP contribution in [0.4, 0.5) is 8.78 Å². The number of benzene rings is 1. The molecule has 1 rings (SSSR count). The first-order valence-electron chi connectivity index (χ1n) is 5.50. The zero-order valence-corrected chi connectivity index (χ0v) is 10.3. The fourth-order valence-electron chi connectivity index (χ4n) is 1.29. The molecule has 5 heteroatoms. The van der Waals surface area contributed by atoms with Crippen LogP contribution in [0.2, 0.25) is 0 Å². The van der Waals surface area contributed by atoms with E-state index in [2.05, 4.69) is 5.32 Å². The fourth-order valence-corrected chi connectivity index (χ4v) is 1.29. The highest BCUT2D eigenvalue weighted by atomic mass is 19.2. The highest BCUT2D eigenvalue weighted by molar-refractivity contribution is 5.84. The summed E-state index contributed by atoms with van der Waals surface area (Å²) in [6.07, 6.45) is 0.379. The van der Waals surface area contributed by atoms with Gasteiger partial charge in [0.15, 0.2) is 11.6 Å². The molecule has 0 aliphatic rings. The zero-order valence-electron chi connectivity index (χ0n) is 10.3. The summed E-state index contributed by atoms with van der Waals surface area (Å²) in [5, 5.41) is 11.3. The van der Waals surface area contributed by atoms with Crippen molar-refractivity contribution in [3.63, 3.8) is 0 Å². The molecule has 0 atom stereocenters. The number of hydrogen-bond acceptors (Lipinski definition) is 2. The Morgan fingerprint density at radius 2 is 2.06 bits per heavy atom. The monoisotopic (exact) mass is 252 g/mol. The molecule has 1 aromatic rings. The molecule has 1 aromatic carbocycles. The maximum atomic E-state index is 12.9. The van der Waals surface area contributed by atoms with Crippen LogP contribution in [0, 0.1) is 28.4 Å². The third kappa shape index (κ3) is 3.52. The minimum Gasteiger partial charge on any atom is -0.354 e. The number of carbonyl (C=O) groups excluding carboxylic acids is 1. The van der Waals surface area contributed by atoms with E-state index < -0.39 is 17.0 Å². The Kier molecular flexibility index (Phi) is 4.38. The van der Waals surface area contributed by atoms with Crippen molar-refractivity contribution < 1.29 is 13.6 Å². The van der Waals surface area contributed by atoms with Crippen LogP contribution in [0.3, 0.4) is 0 Å². The Hall–Kier alpha value is -1.96. The normalized spacial score (nSPS) is 10.8. The summed E-state index contributed by atoms with van der Waals surface area (Å²) in [6.45, 7) is 3.30. The molecule has 1 amide bonds. The smallest absolute Gasteiger partial charge is 0.239 e. The molecule has 0 aromatic heterocycles. The lowest BCUT2D eigenvalue weighted by atomic mass is 9.95. The summed E-state index contributed by atoms with van der Waals surface area (Å²) in [6, 6.07) is 5.48. The Balaban J connectivity index is 2.50. The van der Waals surface area contributed by atoms with Gasteiger partial charge in [-0.25, -0.2) is 8.78 Å². The Morgan fingerprint density at radius 3 is 2.61 bits per heavy atom. The number of nitrogens with one attached hydrogen (secondary N) is 1. The van der Waals surface area contributed by atoms with Gasteiger partial charge in [-0.05, 0) is 38.0 Å². The van der Waals surface area contributed by atoms with Gasteiger partial charge in [-0.1, -0.05) is 6.07 Å². The molecular formula is C13H14F2N2O. The van der Waals surface area contributed by atoms with E-state index in [1.807, 2.05) is 6.07 Å². The van der Waals surface area contributed by atoms with Gasteiger partial charge in [-0.15, -0.1) is 0 Å². The van der Waals surface area contributed by atoms with Crippen LogP contribution in [0.25, 0.3) is 0 Å². The molecule has 18 heavy (non-hydrogen) atoms. The number of amides is 1. The maximum absolute atomic E-state index is 12.9. The first-order chi connectivity index (χ1) is 8.36. The van der Waals surface area contributed by atoms with Crippen LogP contribution in [0.5, 0.6) is 0 Å². The second kappa shape index (κ2) is 5.58. The van der Waals surface area contributed by atoms with Crippen molar-refractivity contribution in [2.45, 2.75) is 20.3 Å². The van der Waals surface area contributed by atoms with E-state index in [1.165, 1.54) is 19.9 Å². The lowest BCUT2D eigenvalue weighted by Crippen LogP contribution is -2.36. The molecule has 3 nitrogen and oxygen atoms in total. The van der Waals surface area contributed by atoms with Crippen molar-refractivity contribution in [2.75, 3.05) is 6.54 Å². The van der Waals surface area contributed by atoms with Crippen molar-refractivity contribution in [1.29, 1.82) is 5.26 Å². The molecule has 0 bridgehead atoms. The number of carbonyl (C=O) groups is 1. The van der Waals surface area contributed by atoms with E-state index >= 15 is 0 Å². The molecule has 0 unspecified atom stereocenters. The SMILES string of the molecule is CC(C)(C#N)C(=O)NCCc1ccc(F)c(F)c1. The van der Waals surface area contributed by atoms with Crippen LogP contribution in [0.15, 0.2) is 18.2 Å². The van der Waals surface area contributed by atoms with Crippen molar-refractivity contribution in [3.8, 4) is 6.07 Å². The highest BCUT2D eigenvalue weighted by Gasteiger charge is 2.26. The molecule has 0 fully saturated rings. The lowest BCUT2D eigenvalue weighted by Gasteiger charge is -2.14. The van der Waals surface area contributed by atoms with Gasteiger partial charge in [0.05, 0.1) is 6.07 Å². The average molecular weight is 252 g/mol. The number of nitrogens with zero attached hydrogens (tertiary/aromatic N) is 1. The van der Waals surface area contributed by atoms with E-state index in [1.54, 1.807) is 0 Å². The Morgan fingerprint density at radius 1 is 1.39 bits per heavy atom. The Bertz CT molecular complexity index is 492. The number of nitriles is 1. The van der Waals surface area contributed by atoms with Crippen LogP contribution < -0.4 is 5.32 Å². The number of rotatable bonds is 4. The molecule has 0 aliphatic carbocycles. The third-order valence-corrected chi connectivity index (χ3v) is 2.53. The second-order valence-corrected chi connectivity index (χ2v) is 4.49. The van der Waals surface area contributed by atoms with Crippen molar-refractivity contribution >= 4 is 5.91 Å². The van der Waals surface area contributed by atoms with E-state index in [0.717, 1.165) is 12.1 Å². The summed E-state index contributed by atoms with van der Waals surface area (Å²) in [5.74, 6) is -2.18. The summed E-state index contributed by atoms with van der Waals surface area (Å²) in [7, 11) is 0. The van der Waals surface area contributed by atoms with E-state index in [9.17, 15) is 13.6 Å². The van der Waals surface area contributed by atoms with E-state index in [0.29, 0.717) is 12.0 Å². The number of halogens is 2. The predicted molar refractivity (Wildman–Crippen MR) is 62.5 cm³/mol. The molecule has 1 N–H and O–H groups in total. The standard InChI is InChI=1S/C13H14F2N2O/c1-13(2,8-16)12(18)17-6-5-9-3-4-10(14)11(15)7-9/h3-4,7H,5-6H2,1-2H3,(H,17,18). The molecule has 0 spiro atoms. The molecule has 0 aliphatic heterocycles. The van der Waals surface area contributed by atoms with Crippen LogP contribution >= 0.6 is 0 Å². The second-order valence-electron chi connectivity index (χ2n) is 4.49. The summed E-state index contributed by atoms with van der Waals surface area (Å²) in [4.78, 5) is 11.5. The van der Waals surface area contributed by atoms with Gasteiger partial charge in [-0.3, -0.25) is 4.79 Å². The topological polar surface area (TPSA) is 52.9 Å². The van der Waals surface area contributed by atoms with Crippen LogP contribution in [-0.2, 0) is 11.2 Å². The zero-order chi connectivity index (χ0) is 13.8. The Labute approximate surface area is 104 Å². The summed E-state index contributed by atoms with van der Waals surface area (Å²) < 4.78 is 25.6. The molecule has 0 saturated heterocycles. The minimum absolute atomic E-state index is 0.273. The fraction of sp³-hybridized carbons (Fsp3) is 0.385. The van der Waals surface area contributed by atoms with Gasteiger partial charge >= 0.3 is 0 Å². The van der Waals surface area contributed by atoms with Crippen LogP contribution in [0.1, 0.15) is 19.4 Å². The molecule has 0 saturated carbocycles. The lowest BCUT2D eigenvalue weighted by molar-refractivity contribution is -0.126. The van der Waals surface area contributed by atoms with Gasteiger partial charge in [0.2, 0.25) is 5.91 Å². The average Bonchev–Trinajstić information content (AvgIpc) is 2.33. The minimum atomic E-state index is -1.09. The van der Waals surface area contributed by atoms with Gasteiger partial charge in [-0.2, -0.15) is 5.26 Å². The largest absolute Gasteiger partial charge is 0.354 e. The van der Waals surface area contributed by atoms with Gasteiger partial charge in [0, 0.05) is 6.54 Å². The third-order valence-electron chi connectivity index (χ3n) is 2.53. The van der Waals surface area contributed by atoms with E-state index in [4.69, 9.17) is 5.26 Å². The van der Waals surface area contributed by atoms with Gasteiger partial charge in [0.25, 0.3) is 0 Å². The molecule has 0 heterocycles. The van der Waals surface area contributed by atoms with Crippen molar-refractivity contribution in [3.05, 3.63) is 35.4 Å². The first-order valence-corrected chi connectivity index (χ1v) is 5.50. The highest BCUT2D eigenvalue weighted by Crippen LogP contribution is 2.13. The van der Waals surface area contributed by atoms with Crippen LogP contribution in [-0.4, -0.2) is 12.5 Å². The van der Waals surface area contributed by atoms with Gasteiger partial charge < -0.3 is 5.32 Å². The van der Waals surface area contributed by atoms with Gasteiger partial charge in [0.1, 0.15) is 5.41 Å². The maximum Gasteiger partial charge on any atom is 0.239 e. The molecule has 96 valence electrons. The quantitative estimate of drug-likeness (QED) is 0.892.